The molecule has 0 atom stereocenters. The van der Waals surface area contributed by atoms with Gasteiger partial charge in [0.05, 0.1) is 36.2 Å². The number of amides is 1. The van der Waals surface area contributed by atoms with E-state index in [2.05, 4.69) is 15.5 Å². The first-order chi connectivity index (χ1) is 16.9. The average Bonchev–Trinajstić information content (AvgIpc) is 3.18. The van der Waals surface area contributed by atoms with Crippen molar-refractivity contribution < 1.29 is 19.1 Å². The standard InChI is InChI=1S/C28H29N3O4/c1-5-35-28(33)19-12-14-22-23(15-19)30-27(32)25(22)26(18-9-7-6-8-10-18)29-21-13-11-20(17-31(2)3)24(16-21)34-4/h6-16,29H,5,17H2,1-4H3,(H,30,32)/b26-25+. The van der Waals surface area contributed by atoms with E-state index in [0.717, 1.165) is 29.1 Å². The zero-order valence-electron chi connectivity index (χ0n) is 20.3. The minimum Gasteiger partial charge on any atom is -0.496 e. The zero-order chi connectivity index (χ0) is 24.9. The highest BCUT2D eigenvalue weighted by Gasteiger charge is 2.29. The monoisotopic (exact) mass is 471 g/mol. The lowest BCUT2D eigenvalue weighted by molar-refractivity contribution is -0.110. The van der Waals surface area contributed by atoms with Gasteiger partial charge in [0.1, 0.15) is 5.75 Å². The van der Waals surface area contributed by atoms with Crippen molar-refractivity contribution in [2.24, 2.45) is 0 Å². The topological polar surface area (TPSA) is 79.9 Å². The minimum absolute atomic E-state index is 0.247. The van der Waals surface area contributed by atoms with Gasteiger partial charge in [-0.3, -0.25) is 4.79 Å². The molecular formula is C28H29N3O4. The third-order valence-corrected chi connectivity index (χ3v) is 5.63. The Balaban J connectivity index is 1.80. The number of esters is 1. The third-order valence-electron chi connectivity index (χ3n) is 5.63. The number of nitrogens with one attached hydrogen (secondary N) is 2. The number of anilines is 2. The molecule has 3 aromatic rings. The van der Waals surface area contributed by atoms with Crippen molar-refractivity contribution >= 4 is 34.5 Å². The molecule has 7 nitrogen and oxygen atoms in total. The van der Waals surface area contributed by atoms with Crippen molar-refractivity contribution in [1.29, 1.82) is 0 Å². The number of benzene rings is 3. The molecule has 180 valence electrons. The molecule has 0 fully saturated rings. The van der Waals surface area contributed by atoms with Gasteiger partial charge >= 0.3 is 5.97 Å². The third kappa shape index (κ3) is 5.20. The Bertz CT molecular complexity index is 1280. The summed E-state index contributed by atoms with van der Waals surface area (Å²) in [5.74, 6) is 0.0910. The molecule has 1 aliphatic heterocycles. The highest BCUT2D eigenvalue weighted by Crippen LogP contribution is 2.38. The average molecular weight is 472 g/mol. The quantitative estimate of drug-likeness (QED) is 0.361. The first kappa shape index (κ1) is 24.0. The molecule has 1 heterocycles. The van der Waals surface area contributed by atoms with E-state index in [1.165, 1.54) is 0 Å². The predicted octanol–water partition coefficient (Wildman–Crippen LogP) is 4.87. The number of nitrogens with zero attached hydrogens (tertiary/aromatic N) is 1. The van der Waals surface area contributed by atoms with E-state index in [-0.39, 0.29) is 12.5 Å². The summed E-state index contributed by atoms with van der Waals surface area (Å²) in [6, 6.07) is 20.7. The summed E-state index contributed by atoms with van der Waals surface area (Å²) in [5, 5.41) is 6.35. The lowest BCUT2D eigenvalue weighted by Gasteiger charge is -2.18. The van der Waals surface area contributed by atoms with Crippen molar-refractivity contribution in [3.05, 3.63) is 89.0 Å². The van der Waals surface area contributed by atoms with Gasteiger partial charge in [-0.15, -0.1) is 0 Å². The van der Waals surface area contributed by atoms with E-state index in [4.69, 9.17) is 9.47 Å². The number of carbonyl (C=O) groups is 2. The molecular weight excluding hydrogens is 442 g/mol. The predicted molar refractivity (Wildman–Crippen MR) is 138 cm³/mol. The summed E-state index contributed by atoms with van der Waals surface area (Å²) in [7, 11) is 5.66. The van der Waals surface area contributed by atoms with Crippen LogP contribution in [0.1, 0.15) is 34.0 Å². The molecule has 0 aliphatic carbocycles. The van der Waals surface area contributed by atoms with Gasteiger partial charge in [-0.1, -0.05) is 42.5 Å². The second-order valence-corrected chi connectivity index (χ2v) is 8.44. The fourth-order valence-electron chi connectivity index (χ4n) is 4.08. The van der Waals surface area contributed by atoms with Gasteiger partial charge in [-0.25, -0.2) is 4.79 Å². The molecule has 0 saturated heterocycles. The summed E-state index contributed by atoms with van der Waals surface area (Å²) in [6.45, 7) is 2.79. The molecule has 3 aromatic carbocycles. The number of hydrogen-bond donors (Lipinski definition) is 2. The van der Waals surface area contributed by atoms with Gasteiger partial charge in [0.2, 0.25) is 0 Å². The molecule has 0 bridgehead atoms. The van der Waals surface area contributed by atoms with Crippen molar-refractivity contribution in [2.75, 3.05) is 38.4 Å². The van der Waals surface area contributed by atoms with E-state index in [1.54, 1.807) is 32.2 Å². The highest BCUT2D eigenvalue weighted by atomic mass is 16.5. The summed E-state index contributed by atoms with van der Waals surface area (Å²) in [4.78, 5) is 27.4. The summed E-state index contributed by atoms with van der Waals surface area (Å²) in [6.07, 6.45) is 0. The van der Waals surface area contributed by atoms with Gasteiger partial charge in [0, 0.05) is 29.4 Å². The van der Waals surface area contributed by atoms with Gasteiger partial charge in [0.25, 0.3) is 5.91 Å². The van der Waals surface area contributed by atoms with Crippen molar-refractivity contribution in [3.8, 4) is 5.75 Å². The van der Waals surface area contributed by atoms with Gasteiger partial charge in [-0.2, -0.15) is 0 Å². The van der Waals surface area contributed by atoms with Crippen LogP contribution in [0.15, 0.2) is 66.7 Å². The molecule has 0 saturated carbocycles. The maximum atomic E-state index is 13.2. The zero-order valence-corrected chi connectivity index (χ0v) is 20.3. The van der Waals surface area contributed by atoms with Crippen LogP contribution < -0.4 is 15.4 Å². The smallest absolute Gasteiger partial charge is 0.338 e. The van der Waals surface area contributed by atoms with E-state index in [0.29, 0.717) is 28.1 Å². The second kappa shape index (κ2) is 10.4. The van der Waals surface area contributed by atoms with Crippen LogP contribution in [0.25, 0.3) is 11.3 Å². The molecule has 0 spiro atoms. The highest BCUT2D eigenvalue weighted by molar-refractivity contribution is 6.37. The van der Waals surface area contributed by atoms with Gasteiger partial charge in [-0.05, 0) is 44.8 Å². The molecule has 7 heteroatoms. The molecule has 0 aromatic heterocycles. The van der Waals surface area contributed by atoms with Crippen LogP contribution in [0.4, 0.5) is 11.4 Å². The largest absolute Gasteiger partial charge is 0.496 e. The van der Waals surface area contributed by atoms with Crippen molar-refractivity contribution in [2.45, 2.75) is 13.5 Å². The lowest BCUT2D eigenvalue weighted by atomic mass is 9.99. The molecule has 35 heavy (non-hydrogen) atoms. The van der Waals surface area contributed by atoms with E-state index >= 15 is 0 Å². The Morgan fingerprint density at radius 3 is 2.46 bits per heavy atom. The fourth-order valence-corrected chi connectivity index (χ4v) is 4.08. The number of ether oxygens (including phenoxy) is 2. The molecule has 1 amide bonds. The molecule has 4 rings (SSSR count). The molecule has 0 unspecified atom stereocenters. The minimum atomic E-state index is -0.423. The maximum absolute atomic E-state index is 13.2. The fraction of sp³-hybridized carbons (Fsp3) is 0.214. The first-order valence-corrected chi connectivity index (χ1v) is 11.4. The molecule has 0 radical (unpaired) electrons. The van der Waals surface area contributed by atoms with Crippen LogP contribution in [-0.4, -0.2) is 44.6 Å². The Hall–Kier alpha value is -4.10. The van der Waals surface area contributed by atoms with Crippen molar-refractivity contribution in [3.63, 3.8) is 0 Å². The van der Waals surface area contributed by atoms with E-state index in [1.807, 2.05) is 62.6 Å². The molecule has 2 N–H and O–H groups in total. The Labute approximate surface area is 205 Å². The SMILES string of the molecule is CCOC(=O)c1ccc2c(c1)NC(=O)/C2=C(/Nc1ccc(CN(C)C)c(OC)c1)c1ccccc1. The van der Waals surface area contributed by atoms with Crippen LogP contribution in [0.5, 0.6) is 5.75 Å². The number of carbonyl (C=O) groups excluding carboxylic acids is 2. The Morgan fingerprint density at radius 2 is 1.77 bits per heavy atom. The van der Waals surface area contributed by atoms with Crippen LogP contribution in [0, 0.1) is 0 Å². The van der Waals surface area contributed by atoms with Gasteiger partial charge in [0.15, 0.2) is 0 Å². The second-order valence-electron chi connectivity index (χ2n) is 8.44. The van der Waals surface area contributed by atoms with Crippen molar-refractivity contribution in [1.82, 2.24) is 4.90 Å². The number of methoxy groups -OCH3 is 1. The number of hydrogen-bond acceptors (Lipinski definition) is 6. The number of fused-ring (bicyclic) bond motifs is 1. The summed E-state index contributed by atoms with van der Waals surface area (Å²) < 4.78 is 10.7. The Morgan fingerprint density at radius 1 is 1.00 bits per heavy atom. The van der Waals surface area contributed by atoms with Crippen LogP contribution >= 0.6 is 0 Å². The van der Waals surface area contributed by atoms with E-state index < -0.39 is 5.97 Å². The van der Waals surface area contributed by atoms with E-state index in [9.17, 15) is 9.59 Å². The number of rotatable bonds is 8. The summed E-state index contributed by atoms with van der Waals surface area (Å²) in [5.41, 5.74) is 5.55. The Kier molecular flexibility index (Phi) is 7.17. The summed E-state index contributed by atoms with van der Waals surface area (Å²) >= 11 is 0. The van der Waals surface area contributed by atoms with Gasteiger partial charge < -0.3 is 25.0 Å². The van der Waals surface area contributed by atoms with Crippen LogP contribution in [0.2, 0.25) is 0 Å². The van der Waals surface area contributed by atoms with Crippen LogP contribution in [-0.2, 0) is 16.1 Å². The normalized spacial score (nSPS) is 13.8. The molecule has 1 aliphatic rings. The first-order valence-electron chi connectivity index (χ1n) is 11.4. The van der Waals surface area contributed by atoms with Crippen LogP contribution in [0.3, 0.4) is 0 Å². The lowest BCUT2D eigenvalue weighted by Crippen LogP contribution is -2.12. The maximum Gasteiger partial charge on any atom is 0.338 e.